The van der Waals surface area contributed by atoms with Crippen molar-refractivity contribution in [3.05, 3.63) is 81.1 Å². The van der Waals surface area contributed by atoms with Crippen LogP contribution in [0.3, 0.4) is 0 Å². The van der Waals surface area contributed by atoms with E-state index in [0.717, 1.165) is 5.56 Å². The van der Waals surface area contributed by atoms with Gasteiger partial charge in [-0.25, -0.2) is 9.38 Å². The Hall–Kier alpha value is -2.54. The second-order valence-corrected chi connectivity index (χ2v) is 7.63. The van der Waals surface area contributed by atoms with Gasteiger partial charge >= 0.3 is 0 Å². The highest BCUT2D eigenvalue weighted by Crippen LogP contribution is 2.32. The highest BCUT2D eigenvalue weighted by atomic mass is 35.5. The highest BCUT2D eigenvalue weighted by Gasteiger charge is 2.24. The minimum Gasteiger partial charge on any atom is -0.457 e. The van der Waals surface area contributed by atoms with Gasteiger partial charge in [0.05, 0.1) is 20.6 Å². The van der Waals surface area contributed by atoms with Crippen molar-refractivity contribution in [2.75, 3.05) is 0 Å². The van der Waals surface area contributed by atoms with Crippen molar-refractivity contribution in [3.8, 4) is 11.3 Å². The maximum Gasteiger partial charge on any atom is 0.264 e. The van der Waals surface area contributed by atoms with Crippen molar-refractivity contribution >= 4 is 57.8 Å². The van der Waals surface area contributed by atoms with Gasteiger partial charge in [-0.15, -0.1) is 0 Å². The van der Waals surface area contributed by atoms with Crippen molar-refractivity contribution in [2.24, 2.45) is 4.99 Å². The number of nitrogens with one attached hydrogen (secondary N) is 1. The zero-order chi connectivity index (χ0) is 19.7. The molecule has 0 radical (unpaired) electrons. The number of nitrogens with zero attached hydrogens (tertiary/aromatic N) is 1. The highest BCUT2D eigenvalue weighted by molar-refractivity contribution is 8.18. The van der Waals surface area contributed by atoms with E-state index < -0.39 is 0 Å². The van der Waals surface area contributed by atoms with E-state index in [4.69, 9.17) is 27.6 Å². The van der Waals surface area contributed by atoms with Crippen LogP contribution >= 0.6 is 35.0 Å². The normalized spacial score (nSPS) is 16.8. The van der Waals surface area contributed by atoms with Crippen molar-refractivity contribution in [1.82, 2.24) is 5.32 Å². The van der Waals surface area contributed by atoms with Crippen LogP contribution in [0.2, 0.25) is 10.0 Å². The Bertz CT molecular complexity index is 1120. The Labute approximate surface area is 174 Å². The van der Waals surface area contributed by atoms with Crippen LogP contribution < -0.4 is 5.32 Å². The summed E-state index contributed by atoms with van der Waals surface area (Å²) in [5.74, 6) is 0.498. The quantitative estimate of drug-likeness (QED) is 0.495. The fourth-order valence-corrected chi connectivity index (χ4v) is 3.60. The summed E-state index contributed by atoms with van der Waals surface area (Å²) in [7, 11) is 0. The second kappa shape index (κ2) is 7.83. The molecule has 4 nitrogen and oxygen atoms in total. The Morgan fingerprint density at radius 3 is 2.57 bits per heavy atom. The molecule has 1 fully saturated rings. The van der Waals surface area contributed by atoms with Gasteiger partial charge in [0.2, 0.25) is 0 Å². The summed E-state index contributed by atoms with van der Waals surface area (Å²) in [6, 6.07) is 14.4. The van der Waals surface area contributed by atoms with Crippen LogP contribution in [0.5, 0.6) is 0 Å². The molecule has 140 valence electrons. The second-order valence-electron chi connectivity index (χ2n) is 5.79. The lowest BCUT2D eigenvalue weighted by Gasteiger charge is -1.99. The number of amides is 1. The largest absolute Gasteiger partial charge is 0.457 e. The van der Waals surface area contributed by atoms with E-state index in [1.165, 1.54) is 36.0 Å². The first-order valence-electron chi connectivity index (χ1n) is 8.08. The molecule has 2 aromatic carbocycles. The summed E-state index contributed by atoms with van der Waals surface area (Å²) >= 11 is 13.2. The number of furan rings is 1. The molecule has 3 aromatic rings. The van der Waals surface area contributed by atoms with Crippen LogP contribution in [-0.2, 0) is 4.79 Å². The van der Waals surface area contributed by atoms with E-state index in [-0.39, 0.29) is 11.7 Å². The van der Waals surface area contributed by atoms with Crippen LogP contribution in [0.15, 0.2) is 68.9 Å². The maximum absolute atomic E-state index is 13.0. The maximum atomic E-state index is 13.0. The van der Waals surface area contributed by atoms with Gasteiger partial charge < -0.3 is 9.73 Å². The molecule has 4 rings (SSSR count). The molecule has 1 saturated heterocycles. The summed E-state index contributed by atoms with van der Waals surface area (Å²) in [5, 5.41) is 3.99. The van der Waals surface area contributed by atoms with Crippen molar-refractivity contribution in [1.29, 1.82) is 0 Å². The SMILES string of the molecule is O=C1NC(=Nc2ccc(F)cc2)SC1=Cc1ccc(-c2ccc(Cl)c(Cl)c2)o1. The van der Waals surface area contributed by atoms with Crippen molar-refractivity contribution in [2.45, 2.75) is 0 Å². The number of carbonyl (C=O) groups excluding carboxylic acids is 1. The zero-order valence-corrected chi connectivity index (χ0v) is 16.4. The number of hydrogen-bond donors (Lipinski definition) is 1. The van der Waals surface area contributed by atoms with E-state index in [0.29, 0.717) is 37.3 Å². The van der Waals surface area contributed by atoms with Crippen LogP contribution in [-0.4, -0.2) is 11.1 Å². The van der Waals surface area contributed by atoms with Gasteiger partial charge in [0, 0.05) is 11.6 Å². The molecule has 1 aliphatic rings. The Balaban J connectivity index is 1.54. The topological polar surface area (TPSA) is 54.6 Å². The fraction of sp³-hybridized carbons (Fsp3) is 0. The number of halogens is 3. The molecule has 1 amide bonds. The Kier molecular flexibility index (Phi) is 5.26. The van der Waals surface area contributed by atoms with Gasteiger partial charge in [-0.05, 0) is 66.4 Å². The lowest BCUT2D eigenvalue weighted by molar-refractivity contribution is -0.115. The summed E-state index contributed by atoms with van der Waals surface area (Å²) < 4.78 is 18.8. The molecule has 0 spiro atoms. The molecule has 0 saturated carbocycles. The lowest BCUT2D eigenvalue weighted by Crippen LogP contribution is -2.19. The van der Waals surface area contributed by atoms with Gasteiger partial charge in [0.25, 0.3) is 5.91 Å². The monoisotopic (exact) mass is 432 g/mol. The predicted octanol–water partition coefficient (Wildman–Crippen LogP) is 6.28. The van der Waals surface area contributed by atoms with Crippen LogP contribution in [0.25, 0.3) is 17.4 Å². The van der Waals surface area contributed by atoms with Crippen LogP contribution in [0, 0.1) is 5.82 Å². The lowest BCUT2D eigenvalue weighted by atomic mass is 10.2. The molecule has 8 heteroatoms. The molecule has 1 aromatic heterocycles. The van der Waals surface area contributed by atoms with E-state index >= 15 is 0 Å². The average molecular weight is 433 g/mol. The molecule has 2 heterocycles. The molecule has 1 aliphatic heterocycles. The van der Waals surface area contributed by atoms with Gasteiger partial charge in [-0.2, -0.15) is 0 Å². The molecule has 0 bridgehead atoms. The molecule has 0 aliphatic carbocycles. The number of aliphatic imine (C=N–C) groups is 1. The van der Waals surface area contributed by atoms with Gasteiger partial charge in [0.1, 0.15) is 17.3 Å². The fourth-order valence-electron chi connectivity index (χ4n) is 2.48. The molecule has 0 atom stereocenters. The predicted molar refractivity (Wildman–Crippen MR) is 111 cm³/mol. The van der Waals surface area contributed by atoms with E-state index in [9.17, 15) is 9.18 Å². The van der Waals surface area contributed by atoms with Gasteiger partial charge in [0.15, 0.2) is 5.17 Å². The van der Waals surface area contributed by atoms with Crippen molar-refractivity contribution < 1.29 is 13.6 Å². The van der Waals surface area contributed by atoms with E-state index in [1.807, 2.05) is 0 Å². The third-order valence-electron chi connectivity index (χ3n) is 3.81. The van der Waals surface area contributed by atoms with Crippen molar-refractivity contribution in [3.63, 3.8) is 0 Å². The average Bonchev–Trinajstić information content (AvgIpc) is 3.27. The molecule has 1 N–H and O–H groups in total. The number of benzene rings is 2. The first-order chi connectivity index (χ1) is 13.5. The molecule has 28 heavy (non-hydrogen) atoms. The molecule has 0 unspecified atom stereocenters. The van der Waals surface area contributed by atoms with E-state index in [2.05, 4.69) is 10.3 Å². The summed E-state index contributed by atoms with van der Waals surface area (Å²) in [4.78, 5) is 16.9. The van der Waals surface area contributed by atoms with Gasteiger partial charge in [-0.1, -0.05) is 23.2 Å². The first kappa shape index (κ1) is 18.8. The van der Waals surface area contributed by atoms with Gasteiger partial charge in [-0.3, -0.25) is 4.79 Å². The minimum atomic E-state index is -0.344. The van der Waals surface area contributed by atoms with E-state index in [1.54, 1.807) is 36.4 Å². The zero-order valence-electron chi connectivity index (χ0n) is 14.1. The Morgan fingerprint density at radius 1 is 1.04 bits per heavy atom. The third kappa shape index (κ3) is 4.14. The first-order valence-corrected chi connectivity index (χ1v) is 9.65. The number of carbonyl (C=O) groups is 1. The van der Waals surface area contributed by atoms with Crippen LogP contribution in [0.1, 0.15) is 5.76 Å². The summed E-state index contributed by atoms with van der Waals surface area (Å²) in [6.07, 6.45) is 1.63. The number of hydrogen-bond acceptors (Lipinski definition) is 4. The number of thioether (sulfide) groups is 1. The number of rotatable bonds is 3. The minimum absolute atomic E-state index is 0.279. The third-order valence-corrected chi connectivity index (χ3v) is 5.46. The standard InChI is InChI=1S/C20H11Cl2FN2O2S/c21-15-7-1-11(9-16(15)22)17-8-6-14(27-17)10-18-19(26)25-20(28-18)24-13-4-2-12(23)3-5-13/h1-10H,(H,24,25,26). The Morgan fingerprint density at radius 2 is 1.82 bits per heavy atom. The molecular weight excluding hydrogens is 422 g/mol. The number of amidine groups is 1. The summed E-state index contributed by atoms with van der Waals surface area (Å²) in [6.45, 7) is 0. The summed E-state index contributed by atoms with van der Waals surface area (Å²) in [5.41, 5.74) is 1.33. The smallest absolute Gasteiger partial charge is 0.264 e. The molecular formula is C20H11Cl2FN2O2S. The van der Waals surface area contributed by atoms with Crippen LogP contribution in [0.4, 0.5) is 10.1 Å².